The lowest BCUT2D eigenvalue weighted by molar-refractivity contribution is 0.108. The quantitative estimate of drug-likeness (QED) is 0.511. The van der Waals surface area contributed by atoms with Gasteiger partial charge >= 0.3 is 0 Å². The van der Waals surface area contributed by atoms with Crippen molar-refractivity contribution in [1.82, 2.24) is 0 Å². The van der Waals surface area contributed by atoms with Gasteiger partial charge < -0.3 is 0 Å². The van der Waals surface area contributed by atoms with Crippen molar-refractivity contribution in [1.29, 1.82) is 0 Å². The Morgan fingerprint density at radius 2 is 1.78 bits per heavy atom. The maximum Gasteiger partial charge on any atom is 0.178 e. The molecule has 3 atom stereocenters. The molecule has 2 aliphatic carbocycles. The third-order valence-electron chi connectivity index (χ3n) is 7.14. The van der Waals surface area contributed by atoms with Gasteiger partial charge in [0.15, 0.2) is 5.52 Å². The van der Waals surface area contributed by atoms with Gasteiger partial charge in [0.2, 0.25) is 0 Å². The highest BCUT2D eigenvalue weighted by Crippen LogP contribution is 2.61. The molecule has 0 aliphatic heterocycles. The fraction of sp³-hybridized carbons (Fsp3) is 0.480. The Kier molecular flexibility index (Phi) is 5.39. The normalized spacial score (nSPS) is 26.3. The molecular formula is C25H33OP. The maximum atomic E-state index is 11.4. The van der Waals surface area contributed by atoms with Crippen LogP contribution in [0.1, 0.15) is 70.3 Å². The van der Waals surface area contributed by atoms with E-state index in [1.807, 2.05) is 24.3 Å². The van der Waals surface area contributed by atoms with Gasteiger partial charge in [-0.25, -0.2) is 0 Å². The first-order chi connectivity index (χ1) is 12.5. The highest BCUT2D eigenvalue weighted by atomic mass is 31.0. The number of rotatable bonds is 4. The summed E-state index contributed by atoms with van der Waals surface area (Å²) >= 11 is 0. The predicted molar refractivity (Wildman–Crippen MR) is 120 cm³/mol. The third-order valence-corrected chi connectivity index (χ3v) is 7.47. The van der Waals surface area contributed by atoms with E-state index < -0.39 is 0 Å². The van der Waals surface area contributed by atoms with E-state index in [0.29, 0.717) is 11.8 Å². The first kappa shape index (κ1) is 20.3. The lowest BCUT2D eigenvalue weighted by Crippen LogP contribution is -2.29. The molecule has 0 radical (unpaired) electrons. The Morgan fingerprint density at radius 1 is 1.15 bits per heavy atom. The van der Waals surface area contributed by atoms with E-state index in [4.69, 9.17) is 0 Å². The Balaban J connectivity index is 1.83. The molecule has 0 aromatic heterocycles. The van der Waals surface area contributed by atoms with Crippen molar-refractivity contribution < 1.29 is 4.79 Å². The van der Waals surface area contributed by atoms with Crippen LogP contribution in [0.2, 0.25) is 0 Å². The number of allylic oxidation sites excluding steroid dienone is 5. The van der Waals surface area contributed by atoms with Crippen LogP contribution >= 0.6 is 9.24 Å². The van der Waals surface area contributed by atoms with E-state index in [2.05, 4.69) is 69.0 Å². The fourth-order valence-corrected chi connectivity index (χ4v) is 5.39. The van der Waals surface area contributed by atoms with Gasteiger partial charge in [-0.2, -0.15) is 0 Å². The minimum Gasteiger partial charge on any atom is -0.290 e. The van der Waals surface area contributed by atoms with Crippen LogP contribution < -0.4 is 0 Å². The second-order valence-electron chi connectivity index (χ2n) is 9.51. The number of hydrogen-bond acceptors (Lipinski definition) is 1. The molecule has 0 fully saturated rings. The van der Waals surface area contributed by atoms with Crippen molar-refractivity contribution in [2.24, 2.45) is 22.7 Å². The minimum atomic E-state index is 0.0367. The van der Waals surface area contributed by atoms with E-state index in [-0.39, 0.29) is 16.4 Å². The summed E-state index contributed by atoms with van der Waals surface area (Å²) in [7, 11) is 2.23. The van der Waals surface area contributed by atoms with E-state index in [0.717, 1.165) is 24.0 Å². The predicted octanol–water partition coefficient (Wildman–Crippen LogP) is 7.07. The molecule has 0 amide bonds. The largest absolute Gasteiger partial charge is 0.290 e. The molecule has 2 aliphatic rings. The standard InChI is InChI=1S/C25H33OP/c1-16-14-20(9-7-8-18-10-12-19(13-11-18)23(26)27)22-21(15-16)24(3,4)17(2)25(22,5)6/h7-8,10-13,15,17,20H,9,14,27H2,1-6H3/b8-7-. The molecule has 27 heavy (non-hydrogen) atoms. The zero-order valence-corrected chi connectivity index (χ0v) is 18.8. The van der Waals surface area contributed by atoms with Crippen LogP contribution in [0.5, 0.6) is 0 Å². The molecule has 0 N–H and O–H groups in total. The zero-order chi connectivity index (χ0) is 20.0. The fourth-order valence-electron chi connectivity index (χ4n) is 5.20. The molecule has 1 aromatic carbocycles. The van der Waals surface area contributed by atoms with Crippen LogP contribution in [0.3, 0.4) is 0 Å². The van der Waals surface area contributed by atoms with Crippen LogP contribution in [0.15, 0.2) is 53.1 Å². The number of benzene rings is 1. The SMILES string of the molecule is CC1=CC2=C(C(C/C=C\c3ccc(C(=O)P)cc3)C1)C(C)(C)C(C)C2(C)C. The van der Waals surface area contributed by atoms with Crippen molar-refractivity contribution in [3.8, 4) is 0 Å². The van der Waals surface area contributed by atoms with Gasteiger partial charge in [-0.1, -0.05) is 97.5 Å². The van der Waals surface area contributed by atoms with Gasteiger partial charge in [-0.3, -0.25) is 4.79 Å². The molecule has 0 heterocycles. The topological polar surface area (TPSA) is 17.1 Å². The average Bonchev–Trinajstić information content (AvgIpc) is 2.73. The lowest BCUT2D eigenvalue weighted by Gasteiger charge is -2.36. The summed E-state index contributed by atoms with van der Waals surface area (Å²) in [4.78, 5) is 11.4. The molecule has 0 saturated carbocycles. The minimum absolute atomic E-state index is 0.0367. The second-order valence-corrected chi connectivity index (χ2v) is 10.0. The summed E-state index contributed by atoms with van der Waals surface area (Å²) in [6.07, 6.45) is 9.22. The monoisotopic (exact) mass is 380 g/mol. The maximum absolute atomic E-state index is 11.4. The smallest absolute Gasteiger partial charge is 0.178 e. The van der Waals surface area contributed by atoms with Gasteiger partial charge in [0.05, 0.1) is 0 Å². The molecule has 0 spiro atoms. The molecule has 1 nitrogen and oxygen atoms in total. The van der Waals surface area contributed by atoms with Crippen LogP contribution in [0.4, 0.5) is 0 Å². The van der Waals surface area contributed by atoms with E-state index in [9.17, 15) is 4.79 Å². The van der Waals surface area contributed by atoms with Gasteiger partial charge in [-0.15, -0.1) is 0 Å². The highest BCUT2D eigenvalue weighted by Gasteiger charge is 2.51. The Bertz CT molecular complexity index is 834. The average molecular weight is 381 g/mol. The molecule has 1 aromatic rings. The number of hydrogen-bond donors (Lipinski definition) is 0. The summed E-state index contributed by atoms with van der Waals surface area (Å²) in [5.74, 6) is 1.23. The lowest BCUT2D eigenvalue weighted by atomic mass is 9.68. The summed E-state index contributed by atoms with van der Waals surface area (Å²) in [6.45, 7) is 14.4. The van der Waals surface area contributed by atoms with Crippen LogP contribution in [-0.4, -0.2) is 5.52 Å². The van der Waals surface area contributed by atoms with Crippen molar-refractivity contribution in [3.63, 3.8) is 0 Å². The first-order valence-electron chi connectivity index (χ1n) is 10.0. The van der Waals surface area contributed by atoms with Crippen LogP contribution in [-0.2, 0) is 0 Å². The van der Waals surface area contributed by atoms with E-state index in [1.54, 1.807) is 11.1 Å². The van der Waals surface area contributed by atoms with E-state index >= 15 is 0 Å². The third kappa shape index (κ3) is 3.64. The first-order valence-corrected chi connectivity index (χ1v) is 10.6. The van der Waals surface area contributed by atoms with Crippen molar-refractivity contribution in [2.75, 3.05) is 0 Å². The second kappa shape index (κ2) is 7.17. The molecule has 3 rings (SSSR count). The zero-order valence-electron chi connectivity index (χ0n) is 17.6. The Labute approximate surface area is 167 Å². The summed E-state index contributed by atoms with van der Waals surface area (Å²) in [5, 5.41) is 0. The van der Waals surface area contributed by atoms with E-state index in [1.165, 1.54) is 5.57 Å². The Morgan fingerprint density at radius 3 is 2.37 bits per heavy atom. The molecular weight excluding hydrogens is 347 g/mol. The van der Waals surface area contributed by atoms with Gasteiger partial charge in [0.1, 0.15) is 0 Å². The molecule has 0 saturated heterocycles. The van der Waals surface area contributed by atoms with Crippen LogP contribution in [0, 0.1) is 22.7 Å². The summed E-state index contributed by atoms with van der Waals surface area (Å²) in [5.41, 5.74) is 7.19. The number of carbonyl (C=O) groups excluding carboxylic acids is 1. The van der Waals surface area contributed by atoms with Gasteiger partial charge in [-0.05, 0) is 53.6 Å². The van der Waals surface area contributed by atoms with Gasteiger partial charge in [0, 0.05) is 5.56 Å². The summed E-state index contributed by atoms with van der Waals surface area (Å²) < 4.78 is 0. The molecule has 0 bridgehead atoms. The van der Waals surface area contributed by atoms with Crippen molar-refractivity contribution in [2.45, 2.75) is 54.4 Å². The Hall–Kier alpha value is -1.46. The highest BCUT2D eigenvalue weighted by molar-refractivity contribution is 7.41. The van der Waals surface area contributed by atoms with Crippen LogP contribution in [0.25, 0.3) is 6.08 Å². The van der Waals surface area contributed by atoms with Crippen molar-refractivity contribution >= 4 is 20.8 Å². The van der Waals surface area contributed by atoms with Crippen molar-refractivity contribution in [3.05, 3.63) is 64.3 Å². The summed E-state index contributed by atoms with van der Waals surface area (Å²) in [6, 6.07) is 7.84. The number of carbonyl (C=O) groups is 1. The molecule has 2 heteroatoms. The molecule has 3 unspecified atom stereocenters. The van der Waals surface area contributed by atoms with Gasteiger partial charge in [0.25, 0.3) is 0 Å². The molecule has 144 valence electrons.